The summed E-state index contributed by atoms with van der Waals surface area (Å²) in [5.41, 5.74) is 6.33. The van der Waals surface area contributed by atoms with E-state index in [1.54, 1.807) is 17.0 Å². The van der Waals surface area contributed by atoms with Gasteiger partial charge in [-0.3, -0.25) is 4.79 Å². The van der Waals surface area contributed by atoms with Gasteiger partial charge in [-0.2, -0.15) is 8.42 Å². The van der Waals surface area contributed by atoms with E-state index in [1.165, 1.54) is 6.20 Å². The van der Waals surface area contributed by atoms with Gasteiger partial charge in [-0.15, -0.1) is 0 Å². The minimum atomic E-state index is -3.71. The second-order valence-electron chi connectivity index (χ2n) is 5.09. The molecule has 2 heterocycles. The predicted molar refractivity (Wildman–Crippen MR) is 78.4 cm³/mol. The molecule has 1 atom stereocenters. The van der Waals surface area contributed by atoms with Crippen LogP contribution in [0.15, 0.2) is 18.3 Å². The molecule has 0 saturated carbocycles. The van der Waals surface area contributed by atoms with Crippen molar-refractivity contribution < 1.29 is 13.2 Å². The van der Waals surface area contributed by atoms with Crippen molar-refractivity contribution in [2.24, 2.45) is 11.1 Å². The molecule has 2 rings (SSSR count). The predicted octanol–water partition coefficient (Wildman–Crippen LogP) is -0.691. The number of hydrogen-bond donors (Lipinski definition) is 3. The molecule has 1 unspecified atom stereocenters. The third-order valence-electron chi connectivity index (χ3n) is 3.42. The fourth-order valence-electron chi connectivity index (χ4n) is 2.40. The Morgan fingerprint density at radius 1 is 1.52 bits per heavy atom. The largest absolute Gasteiger partial charge is 0.397 e. The Bertz CT molecular complexity index is 619. The number of likely N-dealkylation sites (tertiary alicyclic amines) is 1. The van der Waals surface area contributed by atoms with Crippen LogP contribution in [0.3, 0.4) is 0 Å². The number of nitrogens with two attached hydrogens (primary N) is 2. The molecule has 1 aromatic rings. The summed E-state index contributed by atoms with van der Waals surface area (Å²) in [6.07, 6.45) is 3.16. The molecular formula is C12H19N5O3S. The van der Waals surface area contributed by atoms with Crippen molar-refractivity contribution in [1.29, 1.82) is 0 Å². The lowest BCUT2D eigenvalue weighted by atomic mass is 9.98. The van der Waals surface area contributed by atoms with Crippen LogP contribution < -0.4 is 15.6 Å². The molecule has 5 N–H and O–H groups in total. The molecule has 1 aromatic heterocycles. The number of amides is 1. The van der Waals surface area contributed by atoms with Gasteiger partial charge in [0.25, 0.3) is 16.1 Å². The van der Waals surface area contributed by atoms with Crippen molar-refractivity contribution in [2.45, 2.75) is 12.8 Å². The van der Waals surface area contributed by atoms with Gasteiger partial charge in [0, 0.05) is 25.8 Å². The van der Waals surface area contributed by atoms with Crippen molar-refractivity contribution >= 4 is 21.8 Å². The fraction of sp³-hybridized carbons (Fsp3) is 0.500. The Balaban J connectivity index is 2.01. The van der Waals surface area contributed by atoms with Gasteiger partial charge in [0.05, 0.1) is 5.69 Å². The normalized spacial score (nSPS) is 19.5. The van der Waals surface area contributed by atoms with Gasteiger partial charge < -0.3 is 10.6 Å². The average Bonchev–Trinajstić information content (AvgIpc) is 2.44. The zero-order chi connectivity index (χ0) is 15.5. The van der Waals surface area contributed by atoms with Crippen LogP contribution in [0.5, 0.6) is 0 Å². The quantitative estimate of drug-likeness (QED) is 0.677. The monoisotopic (exact) mass is 313 g/mol. The summed E-state index contributed by atoms with van der Waals surface area (Å²) in [6, 6.07) is 3.30. The summed E-state index contributed by atoms with van der Waals surface area (Å²) in [6.45, 7) is 1.29. The van der Waals surface area contributed by atoms with Gasteiger partial charge >= 0.3 is 0 Å². The number of aromatic nitrogens is 1. The van der Waals surface area contributed by atoms with Gasteiger partial charge in [0.1, 0.15) is 0 Å². The van der Waals surface area contributed by atoms with Crippen LogP contribution in [0.2, 0.25) is 0 Å². The second kappa shape index (κ2) is 6.37. The first kappa shape index (κ1) is 15.7. The molecule has 0 radical (unpaired) electrons. The molecule has 0 bridgehead atoms. The Hall–Kier alpha value is -1.71. The number of pyridine rings is 1. The lowest BCUT2D eigenvalue weighted by molar-refractivity contribution is 0.0671. The van der Waals surface area contributed by atoms with Crippen molar-refractivity contribution in [3.8, 4) is 0 Å². The SMILES string of the molecule is Nc1cccnc1C(=O)N1CCCC(CNS(N)(=O)=O)C1. The first-order valence-electron chi connectivity index (χ1n) is 6.64. The summed E-state index contributed by atoms with van der Waals surface area (Å²) in [5, 5.41) is 4.91. The summed E-state index contributed by atoms with van der Waals surface area (Å²) < 4.78 is 24.1. The lowest BCUT2D eigenvalue weighted by Gasteiger charge is -2.32. The topological polar surface area (TPSA) is 131 Å². The molecule has 1 aliphatic heterocycles. The van der Waals surface area contributed by atoms with Gasteiger partial charge in [-0.25, -0.2) is 14.8 Å². The first-order valence-corrected chi connectivity index (χ1v) is 8.18. The molecular weight excluding hydrogens is 294 g/mol. The number of anilines is 1. The third-order valence-corrected chi connectivity index (χ3v) is 3.99. The molecule has 1 aliphatic rings. The molecule has 0 spiro atoms. The molecule has 8 nitrogen and oxygen atoms in total. The van der Waals surface area contributed by atoms with Crippen LogP contribution in [-0.2, 0) is 10.2 Å². The standard InChI is InChI=1S/C12H19N5O3S/c13-10-4-1-5-15-11(10)12(18)17-6-2-3-9(8-17)7-16-21(14,19)20/h1,4-5,9,16H,2-3,6-8,13H2,(H2,14,19,20). The van der Waals surface area contributed by atoms with E-state index in [0.29, 0.717) is 18.8 Å². The molecule has 1 amide bonds. The van der Waals surface area contributed by atoms with Crippen LogP contribution in [0.4, 0.5) is 5.69 Å². The highest BCUT2D eigenvalue weighted by Crippen LogP contribution is 2.19. The Labute approximate surface area is 123 Å². The Morgan fingerprint density at radius 3 is 2.95 bits per heavy atom. The number of piperidine rings is 1. The molecule has 9 heteroatoms. The van der Waals surface area contributed by atoms with Crippen LogP contribution in [0, 0.1) is 5.92 Å². The number of carbonyl (C=O) groups excluding carboxylic acids is 1. The minimum Gasteiger partial charge on any atom is -0.397 e. The van der Waals surface area contributed by atoms with Crippen molar-refractivity contribution in [3.63, 3.8) is 0 Å². The van der Waals surface area contributed by atoms with Crippen LogP contribution in [-0.4, -0.2) is 43.8 Å². The van der Waals surface area contributed by atoms with Gasteiger partial charge in [0.2, 0.25) is 0 Å². The lowest BCUT2D eigenvalue weighted by Crippen LogP contribution is -2.45. The maximum absolute atomic E-state index is 12.4. The van der Waals surface area contributed by atoms with E-state index >= 15 is 0 Å². The zero-order valence-electron chi connectivity index (χ0n) is 11.5. The Kier molecular flexibility index (Phi) is 4.76. The van der Waals surface area contributed by atoms with Crippen molar-refractivity contribution in [1.82, 2.24) is 14.6 Å². The van der Waals surface area contributed by atoms with Crippen LogP contribution in [0.1, 0.15) is 23.3 Å². The smallest absolute Gasteiger partial charge is 0.274 e. The highest BCUT2D eigenvalue weighted by atomic mass is 32.2. The van der Waals surface area contributed by atoms with E-state index in [9.17, 15) is 13.2 Å². The first-order chi connectivity index (χ1) is 9.87. The molecule has 0 aromatic carbocycles. The second-order valence-corrected chi connectivity index (χ2v) is 6.47. The highest BCUT2D eigenvalue weighted by molar-refractivity contribution is 7.87. The van der Waals surface area contributed by atoms with Crippen LogP contribution in [0.25, 0.3) is 0 Å². The molecule has 1 fully saturated rings. The maximum atomic E-state index is 12.4. The summed E-state index contributed by atoms with van der Waals surface area (Å²) in [4.78, 5) is 18.1. The summed E-state index contributed by atoms with van der Waals surface area (Å²) in [5.74, 6) is -0.195. The van der Waals surface area contributed by atoms with E-state index in [-0.39, 0.29) is 24.1 Å². The number of nitrogens with zero attached hydrogens (tertiary/aromatic N) is 2. The van der Waals surface area contributed by atoms with E-state index in [4.69, 9.17) is 10.9 Å². The van der Waals surface area contributed by atoms with E-state index in [0.717, 1.165) is 12.8 Å². The highest BCUT2D eigenvalue weighted by Gasteiger charge is 2.26. The molecule has 0 aliphatic carbocycles. The number of nitrogens with one attached hydrogen (secondary N) is 1. The molecule has 116 valence electrons. The van der Waals surface area contributed by atoms with E-state index in [2.05, 4.69) is 9.71 Å². The Morgan fingerprint density at radius 2 is 2.29 bits per heavy atom. The van der Waals surface area contributed by atoms with Crippen LogP contribution >= 0.6 is 0 Å². The molecule has 21 heavy (non-hydrogen) atoms. The maximum Gasteiger partial charge on any atom is 0.274 e. The van der Waals surface area contributed by atoms with E-state index < -0.39 is 10.2 Å². The summed E-state index contributed by atoms with van der Waals surface area (Å²) >= 11 is 0. The fourth-order valence-corrected chi connectivity index (χ4v) is 2.86. The van der Waals surface area contributed by atoms with Gasteiger partial charge in [-0.05, 0) is 30.9 Å². The summed E-state index contributed by atoms with van der Waals surface area (Å²) in [7, 11) is -3.71. The average molecular weight is 313 g/mol. The number of rotatable bonds is 4. The molecule has 1 saturated heterocycles. The van der Waals surface area contributed by atoms with Gasteiger partial charge in [-0.1, -0.05) is 0 Å². The number of carbonyl (C=O) groups is 1. The zero-order valence-corrected chi connectivity index (χ0v) is 12.3. The third kappa shape index (κ3) is 4.38. The van der Waals surface area contributed by atoms with Crippen molar-refractivity contribution in [3.05, 3.63) is 24.0 Å². The minimum absolute atomic E-state index is 0.0333. The number of hydrogen-bond acceptors (Lipinski definition) is 5. The van der Waals surface area contributed by atoms with Gasteiger partial charge in [0.15, 0.2) is 5.69 Å². The number of nitrogen functional groups attached to an aromatic ring is 1. The van der Waals surface area contributed by atoms with Crippen molar-refractivity contribution in [2.75, 3.05) is 25.4 Å². The van der Waals surface area contributed by atoms with E-state index in [1.807, 2.05) is 0 Å².